The van der Waals surface area contributed by atoms with Crippen LogP contribution >= 0.6 is 0 Å². The van der Waals surface area contributed by atoms with Gasteiger partial charge in [0.2, 0.25) is 0 Å². The molecule has 1 aromatic heterocycles. The normalized spacial score (nSPS) is 12.5. The Morgan fingerprint density at radius 3 is 3.08 bits per heavy atom. The molecule has 1 heterocycles. The average molecular weight is 183 g/mol. The predicted octanol–water partition coefficient (Wildman–Crippen LogP) is -0.287. The number of likely N-dealkylation sites (N-methyl/N-ethyl adjacent to an activating group) is 1. The van der Waals surface area contributed by atoms with Gasteiger partial charge in [-0.15, -0.1) is 0 Å². The molecule has 0 amide bonds. The number of aromatic amines is 1. The standard InChI is InChI=1S/C8H13N3O2/c1-9-7(8(12)13-2)3-6-4-10-5-11-6/h4-5,7,9H,3H2,1-2H3,(H,10,11)/t7-/m1/s1. The zero-order chi connectivity index (χ0) is 9.68. The molecule has 0 aliphatic rings. The fourth-order valence-electron chi connectivity index (χ4n) is 1.06. The van der Waals surface area contributed by atoms with Crippen LogP contribution in [0, 0.1) is 0 Å². The summed E-state index contributed by atoms with van der Waals surface area (Å²) in [6.45, 7) is 0. The van der Waals surface area contributed by atoms with Crippen molar-refractivity contribution in [3.63, 3.8) is 0 Å². The molecular weight excluding hydrogens is 170 g/mol. The van der Waals surface area contributed by atoms with Crippen LogP contribution in [-0.2, 0) is 16.0 Å². The highest BCUT2D eigenvalue weighted by molar-refractivity contribution is 5.75. The number of carbonyl (C=O) groups excluding carboxylic acids is 1. The first-order chi connectivity index (χ1) is 6.27. The third-order valence-electron chi connectivity index (χ3n) is 1.81. The van der Waals surface area contributed by atoms with Crippen LogP contribution in [-0.4, -0.2) is 36.1 Å². The van der Waals surface area contributed by atoms with Crippen molar-refractivity contribution in [2.45, 2.75) is 12.5 Å². The van der Waals surface area contributed by atoms with Crippen LogP contribution in [0.3, 0.4) is 0 Å². The van der Waals surface area contributed by atoms with Crippen molar-refractivity contribution in [3.8, 4) is 0 Å². The van der Waals surface area contributed by atoms with Gasteiger partial charge in [0.15, 0.2) is 0 Å². The van der Waals surface area contributed by atoms with Crippen molar-refractivity contribution in [3.05, 3.63) is 18.2 Å². The molecule has 1 aromatic rings. The van der Waals surface area contributed by atoms with E-state index in [9.17, 15) is 4.79 Å². The molecule has 5 heteroatoms. The Morgan fingerprint density at radius 1 is 1.85 bits per heavy atom. The van der Waals surface area contributed by atoms with Crippen molar-refractivity contribution in [2.75, 3.05) is 14.2 Å². The van der Waals surface area contributed by atoms with E-state index in [-0.39, 0.29) is 12.0 Å². The Balaban J connectivity index is 2.54. The first kappa shape index (κ1) is 9.73. The van der Waals surface area contributed by atoms with E-state index >= 15 is 0 Å². The SMILES string of the molecule is CN[C@H](Cc1cnc[nH]1)C(=O)OC. The molecule has 0 radical (unpaired) electrons. The Morgan fingerprint density at radius 2 is 2.62 bits per heavy atom. The number of rotatable bonds is 4. The second kappa shape index (κ2) is 4.61. The summed E-state index contributed by atoms with van der Waals surface area (Å²) in [5.41, 5.74) is 0.907. The summed E-state index contributed by atoms with van der Waals surface area (Å²) in [5.74, 6) is -0.267. The molecular formula is C8H13N3O2. The van der Waals surface area contributed by atoms with Gasteiger partial charge < -0.3 is 15.0 Å². The quantitative estimate of drug-likeness (QED) is 0.630. The number of esters is 1. The predicted molar refractivity (Wildman–Crippen MR) is 47.2 cm³/mol. The van der Waals surface area contributed by atoms with Gasteiger partial charge in [0.05, 0.1) is 13.4 Å². The summed E-state index contributed by atoms with van der Waals surface area (Å²) >= 11 is 0. The number of nitrogens with one attached hydrogen (secondary N) is 2. The summed E-state index contributed by atoms with van der Waals surface area (Å²) in [6, 6.07) is -0.314. The molecule has 1 atom stereocenters. The minimum Gasteiger partial charge on any atom is -0.468 e. The first-order valence-corrected chi connectivity index (χ1v) is 4.00. The van der Waals surface area contributed by atoms with Crippen molar-refractivity contribution in [1.82, 2.24) is 15.3 Å². The van der Waals surface area contributed by atoms with Crippen LogP contribution < -0.4 is 5.32 Å². The maximum atomic E-state index is 11.2. The summed E-state index contributed by atoms with van der Waals surface area (Å²) in [4.78, 5) is 17.9. The first-order valence-electron chi connectivity index (χ1n) is 4.00. The molecule has 0 unspecified atom stereocenters. The van der Waals surface area contributed by atoms with E-state index in [1.807, 2.05) is 0 Å². The van der Waals surface area contributed by atoms with E-state index < -0.39 is 0 Å². The Kier molecular flexibility index (Phi) is 3.45. The largest absolute Gasteiger partial charge is 0.468 e. The van der Waals surface area contributed by atoms with Gasteiger partial charge >= 0.3 is 5.97 Å². The van der Waals surface area contributed by atoms with Gasteiger partial charge in [-0.1, -0.05) is 0 Å². The van der Waals surface area contributed by atoms with E-state index in [1.165, 1.54) is 7.11 Å². The Labute approximate surface area is 76.5 Å². The molecule has 0 aliphatic carbocycles. The Hall–Kier alpha value is -1.36. The summed E-state index contributed by atoms with van der Waals surface area (Å²) < 4.78 is 4.62. The fraction of sp³-hybridized carbons (Fsp3) is 0.500. The van der Waals surface area contributed by atoms with Crippen LogP contribution in [0.2, 0.25) is 0 Å². The van der Waals surface area contributed by atoms with Gasteiger partial charge in [-0.2, -0.15) is 0 Å². The van der Waals surface area contributed by atoms with Crippen LogP contribution in [0.25, 0.3) is 0 Å². The lowest BCUT2D eigenvalue weighted by molar-refractivity contribution is -0.142. The van der Waals surface area contributed by atoms with E-state index in [1.54, 1.807) is 19.6 Å². The third-order valence-corrected chi connectivity index (χ3v) is 1.81. The number of carbonyl (C=O) groups is 1. The molecule has 0 aromatic carbocycles. The van der Waals surface area contributed by atoms with Gasteiger partial charge in [-0.3, -0.25) is 4.79 Å². The van der Waals surface area contributed by atoms with Gasteiger partial charge in [0, 0.05) is 18.3 Å². The van der Waals surface area contributed by atoms with Crippen molar-refractivity contribution >= 4 is 5.97 Å². The van der Waals surface area contributed by atoms with Crippen LogP contribution in [0.1, 0.15) is 5.69 Å². The summed E-state index contributed by atoms with van der Waals surface area (Å²) in [5, 5.41) is 2.87. The monoisotopic (exact) mass is 183 g/mol. The highest BCUT2D eigenvalue weighted by Crippen LogP contribution is 1.99. The van der Waals surface area contributed by atoms with Crippen molar-refractivity contribution in [1.29, 1.82) is 0 Å². The van der Waals surface area contributed by atoms with Crippen LogP contribution in [0.4, 0.5) is 0 Å². The zero-order valence-electron chi connectivity index (χ0n) is 7.70. The number of aromatic nitrogens is 2. The molecule has 0 spiro atoms. The average Bonchev–Trinajstić information content (AvgIpc) is 2.65. The van der Waals surface area contributed by atoms with E-state index in [0.29, 0.717) is 6.42 Å². The highest BCUT2D eigenvalue weighted by Gasteiger charge is 2.17. The van der Waals surface area contributed by atoms with Crippen molar-refractivity contribution < 1.29 is 9.53 Å². The van der Waals surface area contributed by atoms with E-state index in [2.05, 4.69) is 20.0 Å². The molecule has 13 heavy (non-hydrogen) atoms. The smallest absolute Gasteiger partial charge is 0.323 e. The van der Waals surface area contributed by atoms with Crippen LogP contribution in [0.15, 0.2) is 12.5 Å². The number of imidazole rings is 1. The number of nitrogens with zero attached hydrogens (tertiary/aromatic N) is 1. The second-order valence-corrected chi connectivity index (χ2v) is 2.65. The van der Waals surface area contributed by atoms with Crippen LogP contribution in [0.5, 0.6) is 0 Å². The lowest BCUT2D eigenvalue weighted by Gasteiger charge is -2.11. The molecule has 0 saturated heterocycles. The van der Waals surface area contributed by atoms with Gasteiger partial charge in [0.1, 0.15) is 6.04 Å². The number of methoxy groups -OCH3 is 1. The molecule has 72 valence electrons. The zero-order valence-corrected chi connectivity index (χ0v) is 7.70. The van der Waals surface area contributed by atoms with Gasteiger partial charge in [0.25, 0.3) is 0 Å². The van der Waals surface area contributed by atoms with E-state index in [4.69, 9.17) is 0 Å². The molecule has 0 fully saturated rings. The molecule has 0 saturated carbocycles. The molecule has 5 nitrogen and oxygen atoms in total. The summed E-state index contributed by atoms with van der Waals surface area (Å²) in [6.07, 6.45) is 3.83. The number of hydrogen-bond donors (Lipinski definition) is 2. The molecule has 0 aliphatic heterocycles. The third kappa shape index (κ3) is 2.55. The molecule has 0 bridgehead atoms. The Bertz CT molecular complexity index is 258. The maximum Gasteiger partial charge on any atom is 0.323 e. The highest BCUT2D eigenvalue weighted by atomic mass is 16.5. The van der Waals surface area contributed by atoms with E-state index in [0.717, 1.165) is 5.69 Å². The van der Waals surface area contributed by atoms with Gasteiger partial charge in [-0.25, -0.2) is 4.98 Å². The lowest BCUT2D eigenvalue weighted by atomic mass is 10.2. The molecule has 2 N–H and O–H groups in total. The number of H-pyrrole nitrogens is 1. The number of hydrogen-bond acceptors (Lipinski definition) is 4. The summed E-state index contributed by atoms with van der Waals surface area (Å²) in [7, 11) is 3.09. The molecule has 1 rings (SSSR count). The topological polar surface area (TPSA) is 67.0 Å². The van der Waals surface area contributed by atoms with Gasteiger partial charge in [-0.05, 0) is 7.05 Å². The minimum atomic E-state index is -0.314. The maximum absolute atomic E-state index is 11.2. The minimum absolute atomic E-state index is 0.267. The fourth-order valence-corrected chi connectivity index (χ4v) is 1.06. The lowest BCUT2D eigenvalue weighted by Crippen LogP contribution is -2.36. The number of ether oxygens (including phenoxy) is 1. The second-order valence-electron chi connectivity index (χ2n) is 2.65. The van der Waals surface area contributed by atoms with Crippen molar-refractivity contribution in [2.24, 2.45) is 0 Å².